The fourth-order valence-corrected chi connectivity index (χ4v) is 4.05. The monoisotopic (exact) mass is 386 g/mol. The molecule has 1 atom stereocenters. The molecule has 0 bridgehead atoms. The summed E-state index contributed by atoms with van der Waals surface area (Å²) < 4.78 is 2.02. The standard InChI is InChI=1S/C22H22N6O/c1-15-4-3-8-27(13-15)22(29)18-10-17-7-9-28(21(17)23-12-18)19-6-2-5-16(11-19)20-24-14-25-26-20/h2,5-7,9-12,14-15H,3-4,8,13H2,1H3,(H,24,25,26). The Kier molecular flexibility index (Phi) is 4.35. The second kappa shape index (κ2) is 7.16. The second-order valence-electron chi connectivity index (χ2n) is 7.71. The van der Waals surface area contributed by atoms with Crippen LogP contribution in [0.3, 0.4) is 0 Å². The zero-order chi connectivity index (χ0) is 19.8. The number of fused-ring (bicyclic) bond motifs is 1. The molecule has 3 aromatic heterocycles. The molecular formula is C22H22N6O. The Morgan fingerprint density at radius 3 is 2.97 bits per heavy atom. The van der Waals surface area contributed by atoms with Crippen LogP contribution in [0.5, 0.6) is 0 Å². The van der Waals surface area contributed by atoms with Gasteiger partial charge in [0.1, 0.15) is 12.0 Å². The number of hydrogen-bond donors (Lipinski definition) is 1. The molecule has 1 amide bonds. The summed E-state index contributed by atoms with van der Waals surface area (Å²) >= 11 is 0. The van der Waals surface area contributed by atoms with E-state index in [4.69, 9.17) is 0 Å². The van der Waals surface area contributed by atoms with Gasteiger partial charge in [0.2, 0.25) is 0 Å². The third-order valence-corrected chi connectivity index (χ3v) is 5.53. The highest BCUT2D eigenvalue weighted by molar-refractivity contribution is 5.97. The van der Waals surface area contributed by atoms with Crippen molar-refractivity contribution in [3.8, 4) is 17.1 Å². The van der Waals surface area contributed by atoms with Crippen LogP contribution in [0.1, 0.15) is 30.1 Å². The quantitative estimate of drug-likeness (QED) is 0.582. The Morgan fingerprint density at radius 2 is 2.14 bits per heavy atom. The Hall–Kier alpha value is -3.48. The molecular weight excluding hydrogens is 364 g/mol. The average Bonchev–Trinajstić information content (AvgIpc) is 3.43. The van der Waals surface area contributed by atoms with E-state index in [1.807, 2.05) is 52.1 Å². The van der Waals surface area contributed by atoms with E-state index in [0.29, 0.717) is 11.5 Å². The molecule has 7 heteroatoms. The molecule has 0 spiro atoms. The normalized spacial score (nSPS) is 17.0. The number of hydrogen-bond acceptors (Lipinski definition) is 4. The van der Waals surface area contributed by atoms with Crippen LogP contribution in [0, 0.1) is 5.92 Å². The average molecular weight is 386 g/mol. The summed E-state index contributed by atoms with van der Waals surface area (Å²) in [5, 5.41) is 7.76. The first-order valence-electron chi connectivity index (χ1n) is 9.91. The number of rotatable bonds is 3. The molecule has 0 saturated carbocycles. The van der Waals surface area contributed by atoms with Crippen LogP contribution in [0.15, 0.2) is 55.1 Å². The Morgan fingerprint density at radius 1 is 1.21 bits per heavy atom. The maximum absolute atomic E-state index is 12.9. The van der Waals surface area contributed by atoms with Crippen LogP contribution in [-0.2, 0) is 0 Å². The maximum Gasteiger partial charge on any atom is 0.255 e. The summed E-state index contributed by atoms with van der Waals surface area (Å²) in [5.41, 5.74) is 3.40. The molecule has 1 saturated heterocycles. The Labute approximate surface area is 168 Å². The molecule has 4 aromatic rings. The van der Waals surface area contributed by atoms with Crippen LogP contribution < -0.4 is 0 Å². The minimum atomic E-state index is 0.0750. The predicted octanol–water partition coefficient (Wildman–Crippen LogP) is 3.68. The maximum atomic E-state index is 12.9. The van der Waals surface area contributed by atoms with Crippen molar-refractivity contribution in [3.05, 3.63) is 60.7 Å². The lowest BCUT2D eigenvalue weighted by Gasteiger charge is -2.30. The fraction of sp³-hybridized carbons (Fsp3) is 0.273. The van der Waals surface area contributed by atoms with Crippen LogP contribution in [0.4, 0.5) is 0 Å². The summed E-state index contributed by atoms with van der Waals surface area (Å²) in [4.78, 5) is 23.7. The topological polar surface area (TPSA) is 79.7 Å². The summed E-state index contributed by atoms with van der Waals surface area (Å²) in [7, 11) is 0. The summed E-state index contributed by atoms with van der Waals surface area (Å²) in [6.07, 6.45) is 7.43. The highest BCUT2D eigenvalue weighted by Gasteiger charge is 2.22. The van der Waals surface area contributed by atoms with Gasteiger partial charge in [0, 0.05) is 42.1 Å². The molecule has 29 heavy (non-hydrogen) atoms. The molecule has 0 radical (unpaired) electrons. The summed E-state index contributed by atoms with van der Waals surface area (Å²) in [5.74, 6) is 1.35. The molecule has 1 unspecified atom stereocenters. The lowest BCUT2D eigenvalue weighted by Crippen LogP contribution is -2.39. The third-order valence-electron chi connectivity index (χ3n) is 5.53. The number of aromatic amines is 1. The van der Waals surface area contributed by atoms with Crippen molar-refractivity contribution >= 4 is 16.9 Å². The van der Waals surface area contributed by atoms with Crippen LogP contribution in [0.25, 0.3) is 28.1 Å². The number of piperidine rings is 1. The van der Waals surface area contributed by atoms with Gasteiger partial charge < -0.3 is 9.47 Å². The van der Waals surface area contributed by atoms with E-state index in [1.54, 1.807) is 6.20 Å². The van der Waals surface area contributed by atoms with Crippen LogP contribution in [0.2, 0.25) is 0 Å². The number of carbonyl (C=O) groups is 1. The summed E-state index contributed by atoms with van der Waals surface area (Å²) in [6, 6.07) is 12.0. The number of pyridine rings is 1. The van der Waals surface area contributed by atoms with Crippen LogP contribution in [-0.4, -0.2) is 48.6 Å². The first kappa shape index (κ1) is 17.6. The van der Waals surface area contributed by atoms with Gasteiger partial charge in [-0.15, -0.1) is 0 Å². The van der Waals surface area contributed by atoms with Crippen molar-refractivity contribution in [1.82, 2.24) is 29.6 Å². The highest BCUT2D eigenvalue weighted by atomic mass is 16.2. The lowest BCUT2D eigenvalue weighted by molar-refractivity contribution is 0.0683. The molecule has 146 valence electrons. The molecule has 1 aromatic carbocycles. The van der Waals surface area contributed by atoms with E-state index in [9.17, 15) is 4.79 Å². The zero-order valence-electron chi connectivity index (χ0n) is 16.2. The largest absolute Gasteiger partial charge is 0.338 e. The first-order chi connectivity index (χ1) is 14.2. The number of likely N-dealkylation sites (tertiary alicyclic amines) is 1. The lowest BCUT2D eigenvalue weighted by atomic mass is 9.99. The molecule has 7 nitrogen and oxygen atoms in total. The SMILES string of the molecule is CC1CCCN(C(=O)c2cnc3c(ccn3-c3cccc(-c4ncn[nH]4)c3)c2)C1. The van der Waals surface area contributed by atoms with Crippen LogP contribution >= 0.6 is 0 Å². The molecule has 4 heterocycles. The fourth-order valence-electron chi connectivity index (χ4n) is 4.05. The Bertz CT molecular complexity index is 1160. The number of nitrogens with zero attached hydrogens (tertiary/aromatic N) is 5. The van der Waals surface area contributed by atoms with Gasteiger partial charge in [-0.25, -0.2) is 9.97 Å². The molecule has 1 aliphatic heterocycles. The van der Waals surface area contributed by atoms with Crippen molar-refractivity contribution in [2.45, 2.75) is 19.8 Å². The van der Waals surface area contributed by atoms with E-state index in [2.05, 4.69) is 27.1 Å². The predicted molar refractivity (Wildman–Crippen MR) is 111 cm³/mol. The van der Waals surface area contributed by atoms with Gasteiger partial charge in [0.15, 0.2) is 5.82 Å². The van der Waals surface area contributed by atoms with Gasteiger partial charge in [0.25, 0.3) is 5.91 Å². The number of amides is 1. The number of benzene rings is 1. The molecule has 1 aliphatic rings. The van der Waals surface area contributed by atoms with E-state index in [-0.39, 0.29) is 5.91 Å². The van der Waals surface area contributed by atoms with Crippen molar-refractivity contribution in [2.75, 3.05) is 13.1 Å². The minimum Gasteiger partial charge on any atom is -0.338 e. The van der Waals surface area contributed by atoms with E-state index < -0.39 is 0 Å². The number of carbonyl (C=O) groups excluding carboxylic acids is 1. The summed E-state index contributed by atoms with van der Waals surface area (Å²) in [6.45, 7) is 3.86. The van der Waals surface area contributed by atoms with Gasteiger partial charge in [0.05, 0.1) is 5.56 Å². The third kappa shape index (κ3) is 3.29. The van der Waals surface area contributed by atoms with Crippen molar-refractivity contribution in [2.24, 2.45) is 5.92 Å². The number of H-pyrrole nitrogens is 1. The number of nitrogens with one attached hydrogen (secondary N) is 1. The number of aromatic nitrogens is 5. The minimum absolute atomic E-state index is 0.0750. The molecule has 5 rings (SSSR count). The zero-order valence-corrected chi connectivity index (χ0v) is 16.2. The molecule has 0 aliphatic carbocycles. The second-order valence-corrected chi connectivity index (χ2v) is 7.71. The van der Waals surface area contributed by atoms with Crippen molar-refractivity contribution < 1.29 is 4.79 Å². The van der Waals surface area contributed by atoms with Crippen molar-refractivity contribution in [1.29, 1.82) is 0 Å². The van der Waals surface area contributed by atoms with Gasteiger partial charge in [-0.05, 0) is 43.0 Å². The Balaban J connectivity index is 1.47. The van der Waals surface area contributed by atoms with E-state index in [1.165, 1.54) is 12.7 Å². The first-order valence-corrected chi connectivity index (χ1v) is 9.91. The van der Waals surface area contributed by atoms with Crippen molar-refractivity contribution in [3.63, 3.8) is 0 Å². The smallest absolute Gasteiger partial charge is 0.255 e. The van der Waals surface area contributed by atoms with E-state index in [0.717, 1.165) is 47.6 Å². The van der Waals surface area contributed by atoms with Gasteiger partial charge in [-0.2, -0.15) is 5.10 Å². The van der Waals surface area contributed by atoms with Gasteiger partial charge >= 0.3 is 0 Å². The molecule has 1 N–H and O–H groups in total. The van der Waals surface area contributed by atoms with Gasteiger partial charge in [-0.1, -0.05) is 19.1 Å². The molecule has 1 fully saturated rings. The van der Waals surface area contributed by atoms with Gasteiger partial charge in [-0.3, -0.25) is 9.89 Å². The highest BCUT2D eigenvalue weighted by Crippen LogP contribution is 2.24. The van der Waals surface area contributed by atoms with E-state index >= 15 is 0 Å².